The number of hydrogen-bond acceptors (Lipinski definition) is 1. The molecule has 0 fully saturated rings. The van der Waals surface area contributed by atoms with Gasteiger partial charge in [0.05, 0.1) is 0 Å². The van der Waals surface area contributed by atoms with Crippen LogP contribution in [-0.2, 0) is 26.2 Å². The monoisotopic (exact) mass is 462 g/mol. The molecule has 0 aliphatic heterocycles. The van der Waals surface area contributed by atoms with Gasteiger partial charge in [-0.3, -0.25) is 4.57 Å². The standard InChI is InChI=1S/2C14H22.H3O3P/c2*1-13(2,3)11-8-7-9-12(10-11)14(4,5)6;1-4(2)3/h2*7-10H,1-6H3;4H,(H2,1,2,3). The van der Waals surface area contributed by atoms with Crippen LogP contribution < -0.4 is 0 Å². The summed E-state index contributed by atoms with van der Waals surface area (Å²) in [6.45, 7) is 27.1. The molecule has 0 saturated carbocycles. The van der Waals surface area contributed by atoms with E-state index in [1.807, 2.05) is 0 Å². The Hall–Kier alpha value is -1.41. The lowest BCUT2D eigenvalue weighted by Crippen LogP contribution is -2.15. The Morgan fingerprint density at radius 1 is 0.500 bits per heavy atom. The quantitative estimate of drug-likeness (QED) is 0.391. The van der Waals surface area contributed by atoms with Gasteiger partial charge in [0.15, 0.2) is 0 Å². The maximum Gasteiger partial charge on any atom is 0.314 e. The van der Waals surface area contributed by atoms with Crippen LogP contribution in [0.15, 0.2) is 48.5 Å². The summed E-state index contributed by atoms with van der Waals surface area (Å²) in [6, 6.07) is 17.9. The molecule has 2 N–H and O–H groups in total. The molecule has 32 heavy (non-hydrogen) atoms. The van der Waals surface area contributed by atoms with Gasteiger partial charge >= 0.3 is 8.25 Å². The highest BCUT2D eigenvalue weighted by Crippen LogP contribution is 2.29. The van der Waals surface area contributed by atoms with E-state index < -0.39 is 8.25 Å². The van der Waals surface area contributed by atoms with Crippen LogP contribution in [0.5, 0.6) is 0 Å². The van der Waals surface area contributed by atoms with Crippen LogP contribution in [0.4, 0.5) is 0 Å². The van der Waals surface area contributed by atoms with Crippen LogP contribution in [0.3, 0.4) is 0 Å². The minimum absolute atomic E-state index is 0.251. The predicted octanol–water partition coefficient (Wildman–Crippen LogP) is 7.92. The Labute approximate surface area is 198 Å². The summed E-state index contributed by atoms with van der Waals surface area (Å²) in [5, 5.41) is 0. The van der Waals surface area contributed by atoms with E-state index in [9.17, 15) is 0 Å². The van der Waals surface area contributed by atoms with Crippen LogP contribution >= 0.6 is 8.25 Å². The Kier molecular flexibility index (Phi) is 11.1. The summed E-state index contributed by atoms with van der Waals surface area (Å²) in [7, 11) is -3.13. The molecule has 3 nitrogen and oxygen atoms in total. The molecule has 4 heteroatoms. The van der Waals surface area contributed by atoms with E-state index in [1.54, 1.807) is 0 Å². The molecule has 0 unspecified atom stereocenters. The summed E-state index contributed by atoms with van der Waals surface area (Å²) in [4.78, 5) is 14.3. The van der Waals surface area contributed by atoms with Gasteiger partial charge in [-0.05, 0) is 43.9 Å². The Morgan fingerprint density at radius 2 is 0.656 bits per heavy atom. The van der Waals surface area contributed by atoms with E-state index in [-0.39, 0.29) is 21.7 Å². The summed E-state index contributed by atoms with van der Waals surface area (Å²) in [5.41, 5.74) is 6.69. The van der Waals surface area contributed by atoms with E-state index in [0.29, 0.717) is 0 Å². The van der Waals surface area contributed by atoms with Gasteiger partial charge in [0.25, 0.3) is 0 Å². The molecule has 0 saturated heterocycles. The second-order valence-corrected chi connectivity index (χ2v) is 13.0. The van der Waals surface area contributed by atoms with Crippen molar-refractivity contribution in [3.63, 3.8) is 0 Å². The highest BCUT2D eigenvalue weighted by molar-refractivity contribution is 7.30. The van der Waals surface area contributed by atoms with Crippen molar-refractivity contribution < 1.29 is 14.4 Å². The number of rotatable bonds is 0. The van der Waals surface area contributed by atoms with Crippen LogP contribution in [0.1, 0.15) is 105 Å². The molecule has 0 aliphatic carbocycles. The first-order chi connectivity index (χ1) is 14.2. The van der Waals surface area contributed by atoms with Crippen molar-refractivity contribution in [1.82, 2.24) is 0 Å². The van der Waals surface area contributed by atoms with Gasteiger partial charge in [-0.15, -0.1) is 0 Å². The average Bonchev–Trinajstić information content (AvgIpc) is 2.59. The van der Waals surface area contributed by atoms with Crippen molar-refractivity contribution in [2.24, 2.45) is 0 Å². The predicted molar refractivity (Wildman–Crippen MR) is 141 cm³/mol. The molecule has 182 valence electrons. The van der Waals surface area contributed by atoms with Gasteiger partial charge in [-0.25, -0.2) is 0 Å². The van der Waals surface area contributed by atoms with Gasteiger partial charge in [0, 0.05) is 0 Å². The van der Waals surface area contributed by atoms with Gasteiger partial charge < -0.3 is 9.79 Å². The van der Waals surface area contributed by atoms with Crippen LogP contribution in [0.25, 0.3) is 0 Å². The molecule has 0 aromatic heterocycles. The third-order valence-corrected chi connectivity index (χ3v) is 5.19. The van der Waals surface area contributed by atoms with E-state index >= 15 is 0 Å². The number of benzene rings is 2. The van der Waals surface area contributed by atoms with Gasteiger partial charge in [-0.2, -0.15) is 0 Å². The summed E-state index contributed by atoms with van der Waals surface area (Å²) in [6.07, 6.45) is 0. The zero-order chi connectivity index (χ0) is 25.5. The lowest BCUT2D eigenvalue weighted by Gasteiger charge is -2.24. The summed E-state index contributed by atoms with van der Waals surface area (Å²) < 4.78 is 8.74. The molecule has 0 atom stereocenters. The maximum absolute atomic E-state index is 8.74. The molecule has 2 aromatic rings. The first kappa shape index (κ1) is 30.6. The zero-order valence-electron chi connectivity index (χ0n) is 22.4. The molecular weight excluding hydrogens is 415 g/mol. The smallest absolute Gasteiger partial charge is 0.314 e. The normalized spacial score (nSPS) is 12.5. The fourth-order valence-corrected chi connectivity index (χ4v) is 2.90. The number of hydrogen-bond donors (Lipinski definition) is 2. The SMILES string of the molecule is CC(C)(C)c1cccc(C(C)(C)C)c1.CC(C)(C)c1cccc(C(C)(C)C)c1.O=[PH](O)O. The first-order valence-corrected chi connectivity index (χ1v) is 12.6. The third kappa shape index (κ3) is 12.0. The molecule has 2 aromatic carbocycles. The van der Waals surface area contributed by atoms with Crippen molar-refractivity contribution >= 4 is 8.25 Å². The third-order valence-electron chi connectivity index (χ3n) is 5.19. The largest absolute Gasteiger partial charge is 0.326 e. The molecule has 2 rings (SSSR count). The van der Waals surface area contributed by atoms with Crippen LogP contribution in [0, 0.1) is 0 Å². The van der Waals surface area contributed by atoms with Gasteiger partial charge in [-0.1, -0.05) is 132 Å². The highest BCUT2D eigenvalue weighted by Gasteiger charge is 2.19. The topological polar surface area (TPSA) is 57.5 Å². The summed E-state index contributed by atoms with van der Waals surface area (Å²) >= 11 is 0. The Bertz CT molecular complexity index is 728. The Balaban J connectivity index is 0.000000515. The minimum Gasteiger partial charge on any atom is -0.326 e. The lowest BCUT2D eigenvalue weighted by atomic mass is 9.81. The van der Waals surface area contributed by atoms with Crippen molar-refractivity contribution in [2.45, 2.75) is 105 Å². The van der Waals surface area contributed by atoms with E-state index in [1.165, 1.54) is 22.3 Å². The molecule has 0 aliphatic rings. The molecular formula is C28H47O3P. The second kappa shape index (κ2) is 11.6. The van der Waals surface area contributed by atoms with Crippen molar-refractivity contribution in [3.05, 3.63) is 70.8 Å². The lowest BCUT2D eigenvalue weighted by molar-refractivity contribution is 0.405. The maximum atomic E-state index is 8.74. The van der Waals surface area contributed by atoms with E-state index in [4.69, 9.17) is 14.4 Å². The molecule has 0 heterocycles. The van der Waals surface area contributed by atoms with Gasteiger partial charge in [0.2, 0.25) is 0 Å². The van der Waals surface area contributed by atoms with Crippen molar-refractivity contribution in [2.75, 3.05) is 0 Å². The minimum atomic E-state index is -3.13. The Morgan fingerprint density at radius 3 is 0.781 bits per heavy atom. The fourth-order valence-electron chi connectivity index (χ4n) is 2.90. The molecule has 0 radical (unpaired) electrons. The van der Waals surface area contributed by atoms with E-state index in [2.05, 4.69) is 132 Å². The zero-order valence-corrected chi connectivity index (χ0v) is 23.4. The summed E-state index contributed by atoms with van der Waals surface area (Å²) in [5.74, 6) is 0. The highest BCUT2D eigenvalue weighted by atomic mass is 31.1. The van der Waals surface area contributed by atoms with Crippen LogP contribution in [-0.4, -0.2) is 9.79 Å². The second-order valence-electron chi connectivity index (χ2n) is 12.4. The first-order valence-electron chi connectivity index (χ1n) is 11.3. The molecule has 0 bridgehead atoms. The average molecular weight is 463 g/mol. The van der Waals surface area contributed by atoms with Gasteiger partial charge in [0.1, 0.15) is 0 Å². The molecule has 0 spiro atoms. The van der Waals surface area contributed by atoms with E-state index in [0.717, 1.165) is 0 Å². The van der Waals surface area contributed by atoms with Crippen molar-refractivity contribution in [1.29, 1.82) is 0 Å². The van der Waals surface area contributed by atoms with Crippen molar-refractivity contribution in [3.8, 4) is 0 Å². The molecule has 0 amide bonds. The van der Waals surface area contributed by atoms with Crippen LogP contribution in [0.2, 0.25) is 0 Å². The fraction of sp³-hybridized carbons (Fsp3) is 0.571.